The number of hydrogen-bond donors (Lipinski definition) is 3. The second-order valence-electron chi connectivity index (χ2n) is 6.06. The molecule has 1 saturated heterocycles. The summed E-state index contributed by atoms with van der Waals surface area (Å²) in [6.07, 6.45) is 0.198. The number of alkyl halides is 1. The van der Waals surface area contributed by atoms with Crippen molar-refractivity contribution in [3.8, 4) is 0 Å². The lowest BCUT2D eigenvalue weighted by atomic mass is 9.93. The molecule has 2 heterocycles. The van der Waals surface area contributed by atoms with Crippen LogP contribution < -0.4 is 11.2 Å². The molecule has 0 aromatic carbocycles. The Balaban J connectivity index is 2.29. The molecule has 1 aliphatic rings. The minimum absolute atomic E-state index is 0.0152. The summed E-state index contributed by atoms with van der Waals surface area (Å²) in [6, 6.07) is 1.46. The third-order valence-corrected chi connectivity index (χ3v) is 6.67. The SMILES string of the molecule is CCC(I)(CC)C[C@H]1OC(n2ccc(=N)n(C)c2=O)[C@H](O)[C@@H]1O. The second-order valence-corrected chi connectivity index (χ2v) is 8.35. The van der Waals surface area contributed by atoms with E-state index >= 15 is 0 Å². The molecule has 8 heteroatoms. The Morgan fingerprint density at radius 2 is 1.96 bits per heavy atom. The van der Waals surface area contributed by atoms with E-state index in [1.165, 1.54) is 23.9 Å². The average molecular weight is 437 g/mol. The molecule has 1 fully saturated rings. The predicted octanol–water partition coefficient (Wildman–Crippen LogP) is 0.669. The van der Waals surface area contributed by atoms with E-state index in [1.807, 2.05) is 0 Å². The molecule has 0 saturated carbocycles. The van der Waals surface area contributed by atoms with Crippen LogP contribution in [-0.4, -0.2) is 41.1 Å². The summed E-state index contributed by atoms with van der Waals surface area (Å²) < 4.78 is 8.21. The van der Waals surface area contributed by atoms with Gasteiger partial charge in [0.15, 0.2) is 6.23 Å². The molecular weight excluding hydrogens is 413 g/mol. The fourth-order valence-corrected chi connectivity index (χ4v) is 3.26. The fourth-order valence-electron chi connectivity index (χ4n) is 2.82. The third-order valence-electron chi connectivity index (χ3n) is 4.71. The first-order valence-electron chi connectivity index (χ1n) is 7.77. The molecule has 0 amide bonds. The molecule has 0 spiro atoms. The van der Waals surface area contributed by atoms with Gasteiger partial charge in [-0.2, -0.15) is 0 Å². The lowest BCUT2D eigenvalue weighted by Crippen LogP contribution is -2.41. The molecule has 1 aromatic rings. The van der Waals surface area contributed by atoms with Crippen LogP contribution in [-0.2, 0) is 11.8 Å². The first-order chi connectivity index (χ1) is 10.7. The van der Waals surface area contributed by atoms with Crippen LogP contribution in [0.25, 0.3) is 0 Å². The van der Waals surface area contributed by atoms with Crippen LogP contribution in [0.2, 0.25) is 0 Å². The number of aliphatic hydroxyl groups excluding tert-OH is 2. The zero-order valence-electron chi connectivity index (χ0n) is 13.6. The number of nitrogens with one attached hydrogen (secondary N) is 1. The fraction of sp³-hybridized carbons (Fsp3) is 0.733. The normalized spacial score (nSPS) is 28.3. The number of hydrogen-bond acceptors (Lipinski definition) is 5. The van der Waals surface area contributed by atoms with E-state index in [0.717, 1.165) is 17.4 Å². The largest absolute Gasteiger partial charge is 0.388 e. The van der Waals surface area contributed by atoms with E-state index in [9.17, 15) is 15.0 Å². The van der Waals surface area contributed by atoms with Gasteiger partial charge in [0.2, 0.25) is 0 Å². The smallest absolute Gasteiger partial charge is 0.331 e. The highest BCUT2D eigenvalue weighted by Crippen LogP contribution is 2.39. The molecule has 1 aromatic heterocycles. The lowest BCUT2D eigenvalue weighted by molar-refractivity contribution is -0.0446. The van der Waals surface area contributed by atoms with Crippen LogP contribution in [0.15, 0.2) is 17.1 Å². The molecule has 0 aliphatic carbocycles. The standard InChI is InChI=1S/C15H24IN3O4/c1-4-15(16,5-2)8-9-11(20)12(21)13(23-9)19-7-6-10(17)18(3)14(19)22/h6-7,9,11-13,17,20-21H,4-5,8H2,1-3H3/t9-,11-,12-,13?/m1/s1. The number of aliphatic hydroxyl groups is 2. The van der Waals surface area contributed by atoms with Crippen LogP contribution in [0.1, 0.15) is 39.3 Å². The van der Waals surface area contributed by atoms with Gasteiger partial charge in [-0.1, -0.05) is 36.4 Å². The summed E-state index contributed by atoms with van der Waals surface area (Å²) >= 11 is 2.38. The van der Waals surface area contributed by atoms with Gasteiger partial charge in [-0.05, 0) is 25.3 Å². The van der Waals surface area contributed by atoms with Gasteiger partial charge in [-0.3, -0.25) is 14.5 Å². The van der Waals surface area contributed by atoms with Gasteiger partial charge in [-0.15, -0.1) is 0 Å². The van der Waals surface area contributed by atoms with Crippen molar-refractivity contribution in [3.05, 3.63) is 28.2 Å². The molecule has 130 valence electrons. The van der Waals surface area contributed by atoms with Crippen LogP contribution in [0, 0.1) is 5.41 Å². The highest BCUT2D eigenvalue weighted by Gasteiger charge is 2.46. The number of nitrogens with zero attached hydrogens (tertiary/aromatic N) is 2. The summed E-state index contributed by atoms with van der Waals surface area (Å²) in [7, 11) is 1.49. The molecule has 3 N–H and O–H groups in total. The Morgan fingerprint density at radius 1 is 1.35 bits per heavy atom. The quantitative estimate of drug-likeness (QED) is 0.466. The molecule has 1 aliphatic heterocycles. The predicted molar refractivity (Wildman–Crippen MR) is 93.4 cm³/mol. The Hall–Kier alpha value is -0.710. The van der Waals surface area contributed by atoms with Gasteiger partial charge in [0.1, 0.15) is 17.7 Å². The van der Waals surface area contributed by atoms with Crippen molar-refractivity contribution in [3.63, 3.8) is 0 Å². The van der Waals surface area contributed by atoms with Crippen LogP contribution in [0.3, 0.4) is 0 Å². The summed E-state index contributed by atoms with van der Waals surface area (Å²) in [6.45, 7) is 4.17. The van der Waals surface area contributed by atoms with Crippen molar-refractivity contribution < 1.29 is 14.9 Å². The molecule has 2 rings (SSSR count). The molecule has 0 bridgehead atoms. The number of halogens is 1. The third kappa shape index (κ3) is 3.54. The molecule has 0 radical (unpaired) electrons. The average Bonchev–Trinajstić information content (AvgIpc) is 2.81. The van der Waals surface area contributed by atoms with Crippen molar-refractivity contribution in [1.82, 2.24) is 9.13 Å². The number of rotatable bonds is 5. The Bertz CT molecular complexity index is 667. The van der Waals surface area contributed by atoms with E-state index in [2.05, 4.69) is 36.4 Å². The van der Waals surface area contributed by atoms with Crippen LogP contribution in [0.5, 0.6) is 0 Å². The number of aromatic nitrogens is 2. The maximum atomic E-state index is 12.3. The van der Waals surface area contributed by atoms with Crippen molar-refractivity contribution in [2.45, 2.75) is 61.1 Å². The topological polar surface area (TPSA) is 100 Å². The maximum Gasteiger partial charge on any atom is 0.331 e. The summed E-state index contributed by atoms with van der Waals surface area (Å²) in [5.74, 6) is 0. The monoisotopic (exact) mass is 437 g/mol. The molecule has 23 heavy (non-hydrogen) atoms. The highest BCUT2D eigenvalue weighted by molar-refractivity contribution is 14.1. The Labute approximate surface area is 148 Å². The van der Waals surface area contributed by atoms with E-state index in [0.29, 0.717) is 6.42 Å². The minimum Gasteiger partial charge on any atom is -0.388 e. The summed E-state index contributed by atoms with van der Waals surface area (Å²) in [5.41, 5.74) is -0.389. The van der Waals surface area contributed by atoms with Crippen molar-refractivity contribution in [2.75, 3.05) is 0 Å². The summed E-state index contributed by atoms with van der Waals surface area (Å²) in [5, 5.41) is 28.3. The number of ether oxygens (including phenoxy) is 1. The zero-order valence-corrected chi connectivity index (χ0v) is 15.7. The van der Waals surface area contributed by atoms with Gasteiger partial charge in [0.05, 0.1) is 6.10 Å². The van der Waals surface area contributed by atoms with E-state index in [4.69, 9.17) is 10.1 Å². The van der Waals surface area contributed by atoms with Crippen LogP contribution >= 0.6 is 22.6 Å². The molecule has 4 atom stereocenters. The Morgan fingerprint density at radius 3 is 2.52 bits per heavy atom. The van der Waals surface area contributed by atoms with Crippen molar-refractivity contribution in [1.29, 1.82) is 5.41 Å². The molecule has 1 unspecified atom stereocenters. The minimum atomic E-state index is -1.18. The van der Waals surface area contributed by atoms with Gasteiger partial charge in [0, 0.05) is 16.7 Å². The van der Waals surface area contributed by atoms with E-state index < -0.39 is 30.2 Å². The van der Waals surface area contributed by atoms with Gasteiger partial charge in [-0.25, -0.2) is 4.79 Å². The van der Waals surface area contributed by atoms with Gasteiger partial charge < -0.3 is 14.9 Å². The molecular formula is C15H24IN3O4. The van der Waals surface area contributed by atoms with Crippen molar-refractivity contribution >= 4 is 22.6 Å². The van der Waals surface area contributed by atoms with Gasteiger partial charge in [0.25, 0.3) is 0 Å². The van der Waals surface area contributed by atoms with Gasteiger partial charge >= 0.3 is 5.69 Å². The lowest BCUT2D eigenvalue weighted by Gasteiger charge is -2.28. The van der Waals surface area contributed by atoms with E-state index in [1.54, 1.807) is 0 Å². The first-order valence-corrected chi connectivity index (χ1v) is 8.85. The Kier molecular flexibility index (Phi) is 5.70. The van der Waals surface area contributed by atoms with E-state index in [-0.39, 0.29) is 8.91 Å². The maximum absolute atomic E-state index is 12.3. The zero-order chi connectivity index (χ0) is 17.4. The highest BCUT2D eigenvalue weighted by atomic mass is 127. The summed E-state index contributed by atoms with van der Waals surface area (Å²) in [4.78, 5) is 12.3. The van der Waals surface area contributed by atoms with Crippen LogP contribution in [0.4, 0.5) is 0 Å². The second kappa shape index (κ2) is 7.04. The first kappa shape index (κ1) is 18.6. The van der Waals surface area contributed by atoms with Crippen molar-refractivity contribution in [2.24, 2.45) is 7.05 Å². The molecule has 7 nitrogen and oxygen atoms in total.